The molecule has 1 radical (unpaired) electrons. The van der Waals surface area contributed by atoms with Crippen LogP contribution >= 0.6 is 0 Å². The van der Waals surface area contributed by atoms with Crippen LogP contribution in [0.2, 0.25) is 0 Å². The van der Waals surface area contributed by atoms with Crippen molar-refractivity contribution < 1.29 is 35.0 Å². The van der Waals surface area contributed by atoms with Crippen LogP contribution < -0.4 is 9.80 Å². The van der Waals surface area contributed by atoms with Crippen molar-refractivity contribution in [2.45, 2.75) is 136 Å². The summed E-state index contributed by atoms with van der Waals surface area (Å²) in [5.74, 6) is 1.93. The van der Waals surface area contributed by atoms with Crippen LogP contribution in [0.3, 0.4) is 0 Å². The fraction of sp³-hybridized carbons (Fsp3) is 0.356. The molecule has 1 aliphatic rings. The Morgan fingerprint density at radius 1 is 0.485 bits per heavy atom. The summed E-state index contributed by atoms with van der Waals surface area (Å²) in [5, 5.41) is 0. The predicted octanol–water partition coefficient (Wildman–Crippen LogP) is 16.5. The molecule has 0 spiro atoms. The van der Waals surface area contributed by atoms with Gasteiger partial charge in [-0.3, -0.25) is 4.18 Å². The molecule has 7 rings (SSSR count). The van der Waals surface area contributed by atoms with Crippen molar-refractivity contribution in [1.82, 2.24) is 0 Å². The molecule has 0 N–H and O–H groups in total. The normalized spacial score (nSPS) is 15.4. The van der Waals surface area contributed by atoms with Gasteiger partial charge in [-0.25, -0.2) is 0 Å². The molecule has 6 aromatic carbocycles. The van der Waals surface area contributed by atoms with E-state index in [1.807, 2.05) is 18.2 Å². The van der Waals surface area contributed by atoms with Crippen molar-refractivity contribution in [3.05, 3.63) is 186 Å². The summed E-state index contributed by atoms with van der Waals surface area (Å²) in [6, 6.07) is 44.9. The number of hydrogen-bond acceptors (Lipinski definition) is 5. The number of nitrogens with zero attached hydrogens (tertiary/aromatic N) is 2. The number of benzene rings is 6. The zero-order valence-corrected chi connectivity index (χ0v) is 43.9. The van der Waals surface area contributed by atoms with Gasteiger partial charge in [0.15, 0.2) is 0 Å². The first-order chi connectivity index (χ1) is 30.4. The first kappa shape index (κ1) is 52.5. The van der Waals surface area contributed by atoms with E-state index in [1.54, 1.807) is 12.1 Å². The summed E-state index contributed by atoms with van der Waals surface area (Å²) >= 11 is 0. The van der Waals surface area contributed by atoms with Gasteiger partial charge in [-0.1, -0.05) is 180 Å². The molecule has 0 saturated carbocycles. The molecule has 6 aromatic rings. The van der Waals surface area contributed by atoms with Crippen LogP contribution in [0, 0.1) is 14.1 Å². The summed E-state index contributed by atoms with van der Waals surface area (Å²) in [7, 11) is -2.84. The van der Waals surface area contributed by atoms with Crippen LogP contribution in [-0.4, -0.2) is 15.5 Å². The Hall–Kier alpha value is -4.43. The maximum Gasteiger partial charge on any atom is 0.298 e. The Kier molecular flexibility index (Phi) is 17.3. The topological polar surface area (TPSA) is 49.9 Å². The monoisotopic (exact) mass is 995 g/mol. The molecule has 0 bridgehead atoms. The van der Waals surface area contributed by atoms with Gasteiger partial charge in [0.05, 0.1) is 19.2 Å². The fourth-order valence-electron chi connectivity index (χ4n) is 9.61. The van der Waals surface area contributed by atoms with Gasteiger partial charge in [-0.15, -0.1) is 0 Å². The predicted molar refractivity (Wildman–Crippen MR) is 277 cm³/mol. The van der Waals surface area contributed by atoms with Crippen LogP contribution in [0.5, 0.6) is 0 Å². The standard InChI is InChI=1S/C58H69N2O3S.CH3.Ag/c1-36(2)44-31-49(38(5)6)55(50(32-44)39(7)8)46-28-47(56-51(40(9)10)33-45(37(3)4)34-52(56)41(11)12)30-48(29-46)59-35-60(53-26-20-21-27-54(53)64(61,62)63-13)58(43-24-18-15-19-25-43)57(59)42-22-16-14-17-23-42;;/h14-41,57-58H,1-13H3;1H3;/q2*-1;/t57-,58-;;/m0../s1. The molecular weight excluding hydrogens is 925 g/mol. The number of anilines is 2. The first-order valence-corrected chi connectivity index (χ1v) is 24.8. The molecule has 66 heavy (non-hydrogen) atoms. The zero-order valence-electron chi connectivity index (χ0n) is 41.6. The molecule has 1 heterocycles. The Morgan fingerprint density at radius 3 is 1.21 bits per heavy atom. The molecule has 355 valence electrons. The van der Waals surface area contributed by atoms with Crippen molar-refractivity contribution in [2.75, 3.05) is 16.9 Å². The van der Waals surface area contributed by atoms with Gasteiger partial charge in [-0.05, 0) is 133 Å². The number of para-hydroxylation sites is 1. The minimum absolute atomic E-state index is 0. The summed E-state index contributed by atoms with van der Waals surface area (Å²) in [6.45, 7) is 29.9. The van der Waals surface area contributed by atoms with E-state index in [1.165, 1.54) is 62.7 Å². The molecule has 2 atom stereocenters. The van der Waals surface area contributed by atoms with Gasteiger partial charge in [-0.2, -0.15) is 15.1 Å². The average molecular weight is 997 g/mol. The Morgan fingerprint density at radius 2 is 0.848 bits per heavy atom. The van der Waals surface area contributed by atoms with Crippen LogP contribution in [0.15, 0.2) is 132 Å². The van der Waals surface area contributed by atoms with Gasteiger partial charge in [0.2, 0.25) is 0 Å². The summed E-state index contributed by atoms with van der Waals surface area (Å²) in [4.78, 5) is 4.67. The molecule has 1 saturated heterocycles. The van der Waals surface area contributed by atoms with E-state index in [0.717, 1.165) is 16.8 Å². The van der Waals surface area contributed by atoms with Crippen LogP contribution in [0.4, 0.5) is 11.4 Å². The second-order valence-electron chi connectivity index (χ2n) is 19.6. The van der Waals surface area contributed by atoms with Crippen molar-refractivity contribution in [3.63, 3.8) is 0 Å². The Bertz CT molecular complexity index is 2540. The SMILES string of the molecule is COS(=O)(=O)c1ccccc1N1[CH-]N(c2cc(-c3c(C(C)C)cc(C(C)C)cc3C(C)C)cc(-c3c(C(C)C)cc(C(C)C)cc3C(C)C)c2)[C@@H](c2ccccc2)[C@@H]1c1ccccc1.[Ag].[CH3-]. The fourth-order valence-corrected chi connectivity index (χ4v) is 10.5. The number of rotatable bonds is 14. The largest absolute Gasteiger partial charge is 0.495 e. The minimum atomic E-state index is -4.07. The van der Waals surface area contributed by atoms with Crippen LogP contribution in [0.25, 0.3) is 22.3 Å². The smallest absolute Gasteiger partial charge is 0.298 e. The number of hydrogen-bond donors (Lipinski definition) is 0. The molecular formula is C59H72AgN2O3S-2. The second-order valence-corrected chi connectivity index (χ2v) is 21.3. The summed E-state index contributed by atoms with van der Waals surface area (Å²) < 4.78 is 32.7. The van der Waals surface area contributed by atoms with Crippen molar-refractivity contribution >= 4 is 21.5 Å². The average Bonchev–Trinajstić information content (AvgIpc) is 3.69. The van der Waals surface area contributed by atoms with Gasteiger partial charge in [0.1, 0.15) is 4.90 Å². The van der Waals surface area contributed by atoms with Crippen molar-refractivity contribution in [3.8, 4) is 22.3 Å². The van der Waals surface area contributed by atoms with E-state index in [4.69, 9.17) is 4.18 Å². The van der Waals surface area contributed by atoms with E-state index in [0.29, 0.717) is 17.5 Å². The zero-order chi connectivity index (χ0) is 46.2. The first-order valence-electron chi connectivity index (χ1n) is 23.4. The Labute approximate surface area is 414 Å². The third-order valence-corrected chi connectivity index (χ3v) is 14.4. The van der Waals surface area contributed by atoms with E-state index in [2.05, 4.69) is 197 Å². The van der Waals surface area contributed by atoms with E-state index >= 15 is 0 Å². The molecule has 0 unspecified atom stereocenters. The molecule has 0 aliphatic carbocycles. The van der Waals surface area contributed by atoms with Crippen molar-refractivity contribution in [1.29, 1.82) is 0 Å². The van der Waals surface area contributed by atoms with Crippen molar-refractivity contribution in [2.24, 2.45) is 0 Å². The van der Waals surface area contributed by atoms with Gasteiger partial charge in [0.25, 0.3) is 10.1 Å². The van der Waals surface area contributed by atoms with E-state index in [-0.39, 0.29) is 70.5 Å². The molecule has 7 heteroatoms. The van der Waals surface area contributed by atoms with E-state index < -0.39 is 10.1 Å². The maximum absolute atomic E-state index is 13.7. The molecule has 0 amide bonds. The molecule has 5 nitrogen and oxygen atoms in total. The van der Waals surface area contributed by atoms with Gasteiger partial charge >= 0.3 is 0 Å². The van der Waals surface area contributed by atoms with Crippen LogP contribution in [-0.2, 0) is 36.7 Å². The van der Waals surface area contributed by atoms with E-state index in [9.17, 15) is 8.42 Å². The summed E-state index contributed by atoms with van der Waals surface area (Å²) in [5.41, 5.74) is 16.9. The third kappa shape index (κ3) is 10.5. The minimum Gasteiger partial charge on any atom is -0.495 e. The van der Waals surface area contributed by atoms with Gasteiger partial charge in [0, 0.05) is 33.8 Å². The summed E-state index contributed by atoms with van der Waals surface area (Å²) in [6.07, 6.45) is 0. The Balaban J connectivity index is 0.00000408. The molecule has 1 fully saturated rings. The van der Waals surface area contributed by atoms with Crippen LogP contribution in [0.1, 0.15) is 175 Å². The maximum atomic E-state index is 13.7. The second kappa shape index (κ2) is 21.7. The molecule has 0 aromatic heterocycles. The van der Waals surface area contributed by atoms with Gasteiger partial charge < -0.3 is 17.2 Å². The molecule has 1 aliphatic heterocycles. The third-order valence-electron chi connectivity index (χ3n) is 13.1. The quantitative estimate of drug-likeness (QED) is 0.0618.